The summed E-state index contributed by atoms with van der Waals surface area (Å²) in [6.45, 7) is 10.0. The molecule has 14 nitrogen and oxygen atoms in total. The van der Waals surface area contributed by atoms with Gasteiger partial charge in [-0.3, -0.25) is 9.59 Å². The molecule has 350 valence electrons. The van der Waals surface area contributed by atoms with Crippen LogP contribution in [0.4, 0.5) is 26.3 Å². The van der Waals surface area contributed by atoms with E-state index in [9.17, 15) is 52.8 Å². The summed E-state index contributed by atoms with van der Waals surface area (Å²) in [4.78, 5) is 31.8. The lowest BCUT2D eigenvalue weighted by Gasteiger charge is -2.36. The van der Waals surface area contributed by atoms with Gasteiger partial charge in [0.2, 0.25) is 0 Å². The van der Waals surface area contributed by atoms with Gasteiger partial charge in [0.15, 0.2) is 19.6 Å². The number of carbonyl (C=O) groups is 2. The van der Waals surface area contributed by atoms with Crippen molar-refractivity contribution in [3.05, 3.63) is 127 Å². The number of aliphatic hydroxyl groups excluding tert-OH is 1. The first kappa shape index (κ1) is 51.5. The summed E-state index contributed by atoms with van der Waals surface area (Å²) in [5.41, 5.74) is -2.59. The van der Waals surface area contributed by atoms with Crippen molar-refractivity contribution >= 4 is 97.9 Å². The number of rotatable bonds is 10. The van der Waals surface area contributed by atoms with E-state index in [1.807, 2.05) is 4.72 Å². The standard InChI is InChI=1S/C22H24Cl2F3N3O4SSi.C16H10Cl2F3N3O4S/c1-21(2,3)36(4,5)34-12-13-6-7-15(23)18(8-13)35(32,33)29-20(31)17-11-30-10-14(22(25,26)27)9-16(24)19(30)28-17;17-10-2-1-8(7-25)3-13(10)29(27,28)23-15(26)12-6-24-5-9(16(19,20)21)4-11(18)14(24)22-12/h6-11H,12H2,1-5H3,(H,29,31);1-6,25H,7H2,(H,23,26). The monoisotopic (exact) mass is 1050 g/mol. The number of hydrogen-bond donors (Lipinski definition) is 3. The molecule has 0 aliphatic heterocycles. The first-order valence-electron chi connectivity index (χ1n) is 18.2. The Balaban J connectivity index is 0.000000250. The van der Waals surface area contributed by atoms with Crippen molar-refractivity contribution in [2.75, 3.05) is 0 Å². The second-order valence-corrected chi connectivity index (χ2v) is 25.2. The second-order valence-electron chi connectivity index (χ2n) is 15.5. The van der Waals surface area contributed by atoms with Crippen molar-refractivity contribution in [3.8, 4) is 0 Å². The summed E-state index contributed by atoms with van der Waals surface area (Å²) in [5, 5.41) is 8.02. The molecule has 3 N–H and O–H groups in total. The van der Waals surface area contributed by atoms with E-state index in [1.54, 1.807) is 10.8 Å². The number of pyridine rings is 2. The Kier molecular flexibility index (Phi) is 14.8. The Morgan fingerprint density at radius 2 is 1.05 bits per heavy atom. The molecule has 0 aliphatic carbocycles. The number of imidazole rings is 2. The average molecular weight is 1050 g/mol. The van der Waals surface area contributed by atoms with Crippen LogP contribution in [0.25, 0.3) is 11.3 Å². The third-order valence-corrected chi connectivity index (χ3v) is 18.4. The number of nitrogens with one attached hydrogen (secondary N) is 2. The number of aliphatic hydroxyl groups is 1. The minimum absolute atomic E-state index is 0.0554. The Hall–Kier alpha value is -4.46. The molecule has 0 radical (unpaired) electrons. The fraction of sp³-hybridized carbons (Fsp3) is 0.263. The molecule has 0 bridgehead atoms. The Bertz CT molecular complexity index is 3070. The van der Waals surface area contributed by atoms with Crippen LogP contribution in [-0.4, -0.2) is 60.8 Å². The molecule has 2 amide bonds. The Morgan fingerprint density at radius 3 is 1.42 bits per heavy atom. The van der Waals surface area contributed by atoms with Gasteiger partial charge in [0, 0.05) is 24.8 Å². The van der Waals surface area contributed by atoms with Crippen LogP contribution in [0.5, 0.6) is 0 Å². The fourth-order valence-electron chi connectivity index (χ4n) is 5.28. The van der Waals surface area contributed by atoms with Gasteiger partial charge in [-0.2, -0.15) is 26.3 Å². The van der Waals surface area contributed by atoms with E-state index in [4.69, 9.17) is 55.9 Å². The minimum Gasteiger partial charge on any atom is -0.413 e. The van der Waals surface area contributed by atoms with E-state index < -0.39 is 86.5 Å². The number of benzene rings is 2. The third kappa shape index (κ3) is 11.9. The molecule has 0 fully saturated rings. The van der Waals surface area contributed by atoms with Crippen LogP contribution in [-0.2, 0) is 50.0 Å². The highest BCUT2D eigenvalue weighted by Gasteiger charge is 2.38. The Labute approximate surface area is 387 Å². The van der Waals surface area contributed by atoms with Crippen molar-refractivity contribution in [1.29, 1.82) is 0 Å². The third-order valence-electron chi connectivity index (χ3n) is 9.75. The van der Waals surface area contributed by atoms with Gasteiger partial charge in [0.25, 0.3) is 31.9 Å². The van der Waals surface area contributed by atoms with E-state index in [1.165, 1.54) is 24.3 Å². The maximum atomic E-state index is 13.0. The summed E-state index contributed by atoms with van der Waals surface area (Å²) < 4.78 is 140. The zero-order chi connectivity index (χ0) is 48.8. The lowest BCUT2D eigenvalue weighted by Crippen LogP contribution is -2.40. The van der Waals surface area contributed by atoms with Gasteiger partial charge in [0.05, 0.1) is 44.4 Å². The first-order chi connectivity index (χ1) is 29.7. The maximum absolute atomic E-state index is 13.0. The van der Waals surface area contributed by atoms with Gasteiger partial charge in [0.1, 0.15) is 21.2 Å². The molecular formula is C38H34Cl4F6N6O8S2Si. The van der Waals surface area contributed by atoms with Gasteiger partial charge in [-0.05, 0) is 65.7 Å². The van der Waals surface area contributed by atoms with E-state index in [0.29, 0.717) is 30.1 Å². The van der Waals surface area contributed by atoms with Gasteiger partial charge in [-0.15, -0.1) is 0 Å². The maximum Gasteiger partial charge on any atom is 0.417 e. The van der Waals surface area contributed by atoms with Gasteiger partial charge in [-0.25, -0.2) is 36.2 Å². The van der Waals surface area contributed by atoms with Gasteiger partial charge >= 0.3 is 12.4 Å². The number of fused-ring (bicyclic) bond motifs is 2. The molecule has 0 spiro atoms. The molecule has 2 aromatic carbocycles. The molecule has 0 unspecified atom stereocenters. The highest BCUT2D eigenvalue weighted by atomic mass is 35.5. The predicted octanol–water partition coefficient (Wildman–Crippen LogP) is 9.57. The Morgan fingerprint density at radius 1 is 0.662 bits per heavy atom. The largest absolute Gasteiger partial charge is 0.417 e. The smallest absolute Gasteiger partial charge is 0.413 e. The highest BCUT2D eigenvalue weighted by Crippen LogP contribution is 2.38. The van der Waals surface area contributed by atoms with Crippen LogP contribution in [0.1, 0.15) is 64.0 Å². The van der Waals surface area contributed by atoms with Gasteiger partial charge in [-0.1, -0.05) is 79.3 Å². The summed E-state index contributed by atoms with van der Waals surface area (Å²) in [7, 11) is -11.0. The van der Waals surface area contributed by atoms with Crippen molar-refractivity contribution in [2.24, 2.45) is 0 Å². The molecule has 27 heteroatoms. The molecule has 0 saturated carbocycles. The molecule has 6 aromatic rings. The summed E-state index contributed by atoms with van der Waals surface area (Å²) in [6.07, 6.45) is -6.13. The van der Waals surface area contributed by atoms with Crippen LogP contribution in [0.15, 0.2) is 83.1 Å². The second kappa shape index (κ2) is 18.7. The zero-order valence-corrected chi connectivity index (χ0v) is 39.7. The topological polar surface area (TPSA) is 191 Å². The normalized spacial score (nSPS) is 12.9. The molecule has 0 atom stereocenters. The van der Waals surface area contributed by atoms with Crippen molar-refractivity contribution in [3.63, 3.8) is 0 Å². The van der Waals surface area contributed by atoms with Gasteiger partial charge < -0.3 is 18.3 Å². The molecule has 4 heterocycles. The number of halogens is 10. The van der Waals surface area contributed by atoms with E-state index in [2.05, 4.69) is 43.8 Å². The van der Waals surface area contributed by atoms with E-state index in [0.717, 1.165) is 27.3 Å². The zero-order valence-electron chi connectivity index (χ0n) is 34.0. The number of aromatic nitrogens is 4. The lowest BCUT2D eigenvalue weighted by atomic mass is 10.2. The van der Waals surface area contributed by atoms with E-state index in [-0.39, 0.29) is 53.5 Å². The number of carbonyl (C=O) groups excluding carboxylic acids is 2. The number of sulfonamides is 2. The number of amides is 2. The molecular weight excluding hydrogens is 1020 g/mol. The predicted molar refractivity (Wildman–Crippen MR) is 231 cm³/mol. The van der Waals surface area contributed by atoms with Crippen molar-refractivity contribution in [2.45, 2.75) is 74.3 Å². The summed E-state index contributed by atoms with van der Waals surface area (Å²) in [6, 6.07) is 9.32. The SMILES string of the molecule is CC(C)(C)[Si](C)(C)OCc1ccc(Cl)c(S(=O)(=O)NC(=O)c2cn3cc(C(F)(F)F)cc(Cl)c3n2)c1.O=C(NS(=O)(=O)c1cc(CO)ccc1Cl)c1cn2cc(C(F)(F)F)cc(Cl)c2n1. The van der Waals surface area contributed by atoms with Crippen LogP contribution >= 0.6 is 46.4 Å². The van der Waals surface area contributed by atoms with Crippen molar-refractivity contribution < 1.29 is 62.3 Å². The van der Waals surface area contributed by atoms with Crippen LogP contribution < -0.4 is 9.44 Å². The quantitative estimate of drug-likeness (QED) is 0.0880. The molecule has 0 saturated heterocycles. The van der Waals surface area contributed by atoms with Crippen LogP contribution in [0, 0.1) is 0 Å². The van der Waals surface area contributed by atoms with Crippen LogP contribution in [0.2, 0.25) is 38.2 Å². The minimum atomic E-state index is -4.68. The lowest BCUT2D eigenvalue weighted by molar-refractivity contribution is -0.138. The average Bonchev–Trinajstić information content (AvgIpc) is 3.83. The number of alkyl halides is 6. The molecule has 0 aliphatic rings. The molecule has 6 rings (SSSR count). The summed E-state index contributed by atoms with van der Waals surface area (Å²) >= 11 is 23.6. The van der Waals surface area contributed by atoms with E-state index >= 15 is 0 Å². The van der Waals surface area contributed by atoms with Crippen molar-refractivity contribution in [1.82, 2.24) is 28.2 Å². The molecule has 4 aromatic heterocycles. The number of hydrogen-bond acceptors (Lipinski definition) is 10. The number of nitrogens with zero attached hydrogens (tertiary/aromatic N) is 4. The molecule has 65 heavy (non-hydrogen) atoms. The summed E-state index contributed by atoms with van der Waals surface area (Å²) in [5.74, 6) is -2.37. The highest BCUT2D eigenvalue weighted by molar-refractivity contribution is 7.90. The fourth-order valence-corrected chi connectivity index (χ4v) is 9.78. The first-order valence-corrected chi connectivity index (χ1v) is 25.6. The van der Waals surface area contributed by atoms with Crippen LogP contribution in [0.3, 0.4) is 0 Å².